The molecule has 1 heterocycles. The predicted octanol–water partition coefficient (Wildman–Crippen LogP) is 4.28. The minimum Gasteiger partial charge on any atom is -0.493 e. The molecule has 3 rings (SSSR count). The van der Waals surface area contributed by atoms with Crippen LogP contribution in [0, 0.1) is 6.92 Å². The highest BCUT2D eigenvalue weighted by atomic mass is 19.3. The van der Waals surface area contributed by atoms with Gasteiger partial charge in [-0.3, -0.25) is 5.10 Å². The lowest BCUT2D eigenvalue weighted by atomic mass is 10.1. The average Bonchev–Trinajstić information content (AvgIpc) is 3.11. The molecule has 2 aromatic carbocycles. The number of aromatic amines is 1. The van der Waals surface area contributed by atoms with Crippen molar-refractivity contribution in [1.82, 2.24) is 15.5 Å². The fourth-order valence-electron chi connectivity index (χ4n) is 2.78. The number of nitrogens with one attached hydrogen (secondary N) is 2. The van der Waals surface area contributed by atoms with E-state index in [2.05, 4.69) is 32.4 Å². The van der Waals surface area contributed by atoms with Gasteiger partial charge in [0.05, 0.1) is 19.0 Å². The van der Waals surface area contributed by atoms with Crippen LogP contribution in [-0.2, 0) is 13.1 Å². The van der Waals surface area contributed by atoms with Crippen LogP contribution in [0.5, 0.6) is 11.5 Å². The number of rotatable bonds is 8. The van der Waals surface area contributed by atoms with Gasteiger partial charge in [0.2, 0.25) is 0 Å². The number of H-pyrrole nitrogens is 1. The predicted molar refractivity (Wildman–Crippen MR) is 98.9 cm³/mol. The molecule has 0 aliphatic heterocycles. The Morgan fingerprint density at radius 3 is 2.56 bits per heavy atom. The van der Waals surface area contributed by atoms with Crippen LogP contribution < -0.4 is 14.8 Å². The first kappa shape index (κ1) is 18.8. The Balaban J connectivity index is 1.65. The number of alkyl halides is 2. The molecule has 3 aromatic rings. The molecule has 0 saturated carbocycles. The zero-order chi connectivity index (χ0) is 19.2. The SMILES string of the molecule is COc1ccc(CNCc2cn[nH]c2-c2ccc(C)cc2)cc1OC(F)F. The topological polar surface area (TPSA) is 59.2 Å². The van der Waals surface area contributed by atoms with E-state index in [1.165, 1.54) is 12.7 Å². The van der Waals surface area contributed by atoms with Crippen LogP contribution in [0.1, 0.15) is 16.7 Å². The Labute approximate surface area is 156 Å². The van der Waals surface area contributed by atoms with Crippen LogP contribution in [-0.4, -0.2) is 23.9 Å². The summed E-state index contributed by atoms with van der Waals surface area (Å²) in [5.74, 6) is 0.297. The number of aromatic nitrogens is 2. The Bertz CT molecular complexity index is 879. The smallest absolute Gasteiger partial charge is 0.387 e. The second-order valence-corrected chi connectivity index (χ2v) is 6.10. The highest BCUT2D eigenvalue weighted by Crippen LogP contribution is 2.29. The highest BCUT2D eigenvalue weighted by Gasteiger charge is 2.12. The molecule has 2 N–H and O–H groups in total. The van der Waals surface area contributed by atoms with E-state index in [1.54, 1.807) is 24.4 Å². The first-order valence-electron chi connectivity index (χ1n) is 8.48. The van der Waals surface area contributed by atoms with Gasteiger partial charge < -0.3 is 14.8 Å². The van der Waals surface area contributed by atoms with Crippen LogP contribution in [0.25, 0.3) is 11.3 Å². The molecule has 1 aromatic heterocycles. The minimum atomic E-state index is -2.90. The van der Waals surface area contributed by atoms with Gasteiger partial charge in [-0.15, -0.1) is 0 Å². The van der Waals surface area contributed by atoms with E-state index in [0.29, 0.717) is 13.1 Å². The van der Waals surface area contributed by atoms with Crippen molar-refractivity contribution >= 4 is 0 Å². The zero-order valence-electron chi connectivity index (χ0n) is 15.1. The Morgan fingerprint density at radius 2 is 1.85 bits per heavy atom. The summed E-state index contributed by atoms with van der Waals surface area (Å²) >= 11 is 0. The van der Waals surface area contributed by atoms with E-state index >= 15 is 0 Å². The van der Waals surface area contributed by atoms with Crippen molar-refractivity contribution in [2.45, 2.75) is 26.6 Å². The summed E-state index contributed by atoms with van der Waals surface area (Å²) in [6, 6.07) is 13.2. The molecule has 0 saturated heterocycles. The number of ether oxygens (including phenoxy) is 2. The molecule has 0 unspecified atom stereocenters. The van der Waals surface area contributed by atoms with Gasteiger partial charge in [-0.05, 0) is 30.2 Å². The van der Waals surface area contributed by atoms with Crippen LogP contribution in [0.4, 0.5) is 8.78 Å². The number of halogens is 2. The monoisotopic (exact) mass is 373 g/mol. The largest absolute Gasteiger partial charge is 0.493 e. The normalized spacial score (nSPS) is 11.0. The van der Waals surface area contributed by atoms with Gasteiger partial charge in [0.15, 0.2) is 11.5 Å². The summed E-state index contributed by atoms with van der Waals surface area (Å²) in [5, 5.41) is 10.5. The third-order valence-electron chi connectivity index (χ3n) is 4.15. The lowest BCUT2D eigenvalue weighted by Crippen LogP contribution is -2.13. The molecule has 0 bridgehead atoms. The van der Waals surface area contributed by atoms with Crippen molar-refractivity contribution in [2.75, 3.05) is 7.11 Å². The third-order valence-corrected chi connectivity index (χ3v) is 4.15. The minimum absolute atomic E-state index is 0.0236. The van der Waals surface area contributed by atoms with E-state index < -0.39 is 6.61 Å². The van der Waals surface area contributed by atoms with Crippen molar-refractivity contribution in [3.8, 4) is 22.8 Å². The Kier molecular flexibility index (Phi) is 6.03. The number of nitrogens with zero attached hydrogens (tertiary/aromatic N) is 1. The summed E-state index contributed by atoms with van der Waals surface area (Å²) in [6.07, 6.45) is 1.78. The molecule has 0 atom stereocenters. The Morgan fingerprint density at radius 1 is 1.07 bits per heavy atom. The standard InChI is InChI=1S/C20H21F2N3O2/c1-13-3-6-15(7-4-13)19-16(12-24-25-19)11-23-10-14-5-8-17(26-2)18(9-14)27-20(21)22/h3-9,12,20,23H,10-11H2,1-2H3,(H,24,25). The molecule has 0 radical (unpaired) electrons. The van der Waals surface area contributed by atoms with Crippen molar-refractivity contribution in [2.24, 2.45) is 0 Å². The summed E-state index contributed by atoms with van der Waals surface area (Å²) in [5.41, 5.74) is 5.05. The second-order valence-electron chi connectivity index (χ2n) is 6.10. The molecule has 5 nitrogen and oxygen atoms in total. The van der Waals surface area contributed by atoms with Gasteiger partial charge in [0, 0.05) is 18.7 Å². The molecule has 0 aliphatic carbocycles. The van der Waals surface area contributed by atoms with Gasteiger partial charge >= 0.3 is 6.61 Å². The number of hydrogen-bond donors (Lipinski definition) is 2. The van der Waals surface area contributed by atoms with Crippen LogP contribution >= 0.6 is 0 Å². The molecular formula is C20H21F2N3O2. The van der Waals surface area contributed by atoms with Crippen molar-refractivity contribution < 1.29 is 18.3 Å². The lowest BCUT2D eigenvalue weighted by molar-refractivity contribution is -0.0512. The lowest BCUT2D eigenvalue weighted by Gasteiger charge is -2.12. The molecule has 0 spiro atoms. The molecule has 142 valence electrons. The highest BCUT2D eigenvalue weighted by molar-refractivity contribution is 5.62. The fourth-order valence-corrected chi connectivity index (χ4v) is 2.78. The van der Waals surface area contributed by atoms with Crippen LogP contribution in [0.15, 0.2) is 48.7 Å². The van der Waals surface area contributed by atoms with E-state index in [4.69, 9.17) is 4.74 Å². The molecule has 27 heavy (non-hydrogen) atoms. The van der Waals surface area contributed by atoms with E-state index in [0.717, 1.165) is 22.4 Å². The molecule has 0 fully saturated rings. The quantitative estimate of drug-likeness (QED) is 0.619. The van der Waals surface area contributed by atoms with Crippen molar-refractivity contribution in [3.63, 3.8) is 0 Å². The molecule has 0 aliphatic rings. The molecule has 7 heteroatoms. The van der Waals surface area contributed by atoms with E-state index in [-0.39, 0.29) is 11.5 Å². The van der Waals surface area contributed by atoms with Gasteiger partial charge in [-0.2, -0.15) is 13.9 Å². The summed E-state index contributed by atoms with van der Waals surface area (Å²) in [7, 11) is 1.41. The molecular weight excluding hydrogens is 352 g/mol. The first-order chi connectivity index (χ1) is 13.1. The summed E-state index contributed by atoms with van der Waals surface area (Å²) in [6.45, 7) is 0.212. The number of hydrogen-bond acceptors (Lipinski definition) is 4. The average molecular weight is 373 g/mol. The van der Waals surface area contributed by atoms with E-state index in [1.807, 2.05) is 19.1 Å². The second kappa shape index (κ2) is 8.64. The van der Waals surface area contributed by atoms with Crippen LogP contribution in [0.3, 0.4) is 0 Å². The first-order valence-corrected chi connectivity index (χ1v) is 8.48. The van der Waals surface area contributed by atoms with Gasteiger partial charge in [0.25, 0.3) is 0 Å². The summed E-state index contributed by atoms with van der Waals surface area (Å²) in [4.78, 5) is 0. The van der Waals surface area contributed by atoms with Crippen molar-refractivity contribution in [3.05, 3.63) is 65.4 Å². The maximum Gasteiger partial charge on any atom is 0.387 e. The zero-order valence-corrected chi connectivity index (χ0v) is 15.1. The van der Waals surface area contributed by atoms with Crippen molar-refractivity contribution in [1.29, 1.82) is 0 Å². The van der Waals surface area contributed by atoms with Gasteiger partial charge in [-0.1, -0.05) is 35.9 Å². The van der Waals surface area contributed by atoms with Gasteiger partial charge in [-0.25, -0.2) is 0 Å². The van der Waals surface area contributed by atoms with Gasteiger partial charge in [0.1, 0.15) is 0 Å². The van der Waals surface area contributed by atoms with E-state index in [9.17, 15) is 8.78 Å². The van der Waals surface area contributed by atoms with Crippen LogP contribution in [0.2, 0.25) is 0 Å². The maximum atomic E-state index is 12.5. The maximum absolute atomic E-state index is 12.5. The number of aryl methyl sites for hydroxylation is 1. The Hall–Kier alpha value is -2.93. The fraction of sp³-hybridized carbons (Fsp3) is 0.250. The molecule has 0 amide bonds. The number of methoxy groups -OCH3 is 1. The number of benzene rings is 2. The third kappa shape index (κ3) is 4.83. The summed E-state index contributed by atoms with van der Waals surface area (Å²) < 4.78 is 34.6.